The minimum Gasteiger partial charge on any atom is -0.460 e. The highest BCUT2D eigenvalue weighted by atomic mass is 16.6. The van der Waals surface area contributed by atoms with Gasteiger partial charge in [-0.1, -0.05) is 0 Å². The van der Waals surface area contributed by atoms with Gasteiger partial charge in [0, 0.05) is 32.6 Å². The van der Waals surface area contributed by atoms with Crippen LogP contribution in [0.5, 0.6) is 0 Å². The third kappa shape index (κ3) is 11.0. The van der Waals surface area contributed by atoms with Crippen LogP contribution in [-0.2, 0) is 23.9 Å². The normalized spacial score (nSPS) is 20.0. The fourth-order valence-electron chi connectivity index (χ4n) is 4.60. The molecule has 2 heterocycles. The minimum atomic E-state index is -0.972. The SMILES string of the molecule is CC(C)(C)OC(=O)C[C@@H](C#N)NC(=O)[C@@H]1CCCN(C(=O)CCC2CCN(C(=O)OC(C)(C)C)CC2)C1. The number of piperidine rings is 2. The van der Waals surface area contributed by atoms with Gasteiger partial charge in [-0.2, -0.15) is 5.26 Å². The third-order valence-corrected chi connectivity index (χ3v) is 6.44. The zero-order valence-corrected chi connectivity index (χ0v) is 23.3. The van der Waals surface area contributed by atoms with Crippen LogP contribution in [0.1, 0.15) is 86.5 Å². The van der Waals surface area contributed by atoms with Crippen LogP contribution >= 0.6 is 0 Å². The van der Waals surface area contributed by atoms with Gasteiger partial charge in [-0.3, -0.25) is 14.4 Å². The predicted molar refractivity (Wildman–Crippen MR) is 137 cm³/mol. The Morgan fingerprint density at radius 1 is 0.946 bits per heavy atom. The van der Waals surface area contributed by atoms with E-state index in [1.54, 1.807) is 30.6 Å². The van der Waals surface area contributed by atoms with Gasteiger partial charge in [0.15, 0.2) is 0 Å². The van der Waals surface area contributed by atoms with E-state index in [4.69, 9.17) is 9.47 Å². The van der Waals surface area contributed by atoms with Gasteiger partial charge < -0.3 is 24.6 Å². The van der Waals surface area contributed by atoms with Crippen LogP contribution in [-0.4, -0.2) is 77.1 Å². The average molecular weight is 521 g/mol. The molecule has 0 aromatic heterocycles. The summed E-state index contributed by atoms with van der Waals surface area (Å²) in [6.07, 6.45) is 3.66. The molecule has 10 heteroatoms. The topological polar surface area (TPSA) is 129 Å². The molecule has 2 aliphatic heterocycles. The van der Waals surface area contributed by atoms with E-state index in [1.165, 1.54) is 0 Å². The molecule has 0 aliphatic carbocycles. The minimum absolute atomic E-state index is 0.0256. The maximum atomic E-state index is 12.9. The zero-order valence-electron chi connectivity index (χ0n) is 23.3. The molecule has 2 rings (SSSR count). The number of rotatable bonds is 7. The first-order chi connectivity index (χ1) is 17.2. The molecule has 10 nitrogen and oxygen atoms in total. The molecule has 0 unspecified atom stereocenters. The van der Waals surface area contributed by atoms with Gasteiger partial charge in [-0.15, -0.1) is 0 Å². The van der Waals surface area contributed by atoms with Crippen molar-refractivity contribution in [2.75, 3.05) is 26.2 Å². The van der Waals surface area contributed by atoms with Crippen LogP contribution in [0.25, 0.3) is 0 Å². The maximum Gasteiger partial charge on any atom is 0.410 e. The fraction of sp³-hybridized carbons (Fsp3) is 0.815. The molecule has 0 bridgehead atoms. The summed E-state index contributed by atoms with van der Waals surface area (Å²) < 4.78 is 10.7. The quantitative estimate of drug-likeness (QED) is 0.509. The fourth-order valence-corrected chi connectivity index (χ4v) is 4.60. The smallest absolute Gasteiger partial charge is 0.410 e. The van der Waals surface area contributed by atoms with Crippen molar-refractivity contribution in [1.82, 2.24) is 15.1 Å². The molecule has 2 fully saturated rings. The molecule has 208 valence electrons. The van der Waals surface area contributed by atoms with E-state index in [9.17, 15) is 24.4 Å². The van der Waals surface area contributed by atoms with Crippen molar-refractivity contribution in [3.05, 3.63) is 0 Å². The Labute approximate surface area is 221 Å². The molecule has 37 heavy (non-hydrogen) atoms. The lowest BCUT2D eigenvalue weighted by Gasteiger charge is -2.34. The highest BCUT2D eigenvalue weighted by Crippen LogP contribution is 2.25. The molecule has 0 aromatic rings. The Bertz CT molecular complexity index is 862. The monoisotopic (exact) mass is 520 g/mol. The molecule has 0 saturated carbocycles. The summed E-state index contributed by atoms with van der Waals surface area (Å²) in [6.45, 7) is 13.0. The Balaban J connectivity index is 1.76. The largest absolute Gasteiger partial charge is 0.460 e. The van der Waals surface area contributed by atoms with E-state index >= 15 is 0 Å². The summed E-state index contributed by atoms with van der Waals surface area (Å²) in [5.74, 6) is -0.878. The van der Waals surface area contributed by atoms with Gasteiger partial charge in [0.25, 0.3) is 0 Å². The zero-order chi connectivity index (χ0) is 27.8. The van der Waals surface area contributed by atoms with Gasteiger partial charge in [0.05, 0.1) is 18.4 Å². The first-order valence-electron chi connectivity index (χ1n) is 13.3. The highest BCUT2D eigenvalue weighted by Gasteiger charge is 2.32. The number of amides is 3. The summed E-state index contributed by atoms with van der Waals surface area (Å²) in [7, 11) is 0. The number of esters is 1. The number of likely N-dealkylation sites (tertiary alicyclic amines) is 2. The standard InChI is InChI=1S/C27H44N4O6/c1-26(2,3)36-23(33)16-21(17-28)29-24(34)20-8-7-13-31(18-20)22(32)10-9-19-11-14-30(15-12-19)25(35)37-27(4,5)6/h19-21H,7-16,18H2,1-6H3,(H,29,34)/t20-,21+/m1/s1. The summed E-state index contributed by atoms with van der Waals surface area (Å²) in [6, 6.07) is 0.982. The van der Waals surface area contributed by atoms with Crippen molar-refractivity contribution in [2.45, 2.75) is 104 Å². The molecule has 0 aromatic carbocycles. The van der Waals surface area contributed by atoms with Gasteiger partial charge in [0.2, 0.25) is 11.8 Å². The highest BCUT2D eigenvalue weighted by molar-refractivity contribution is 5.82. The summed E-state index contributed by atoms with van der Waals surface area (Å²) >= 11 is 0. The van der Waals surface area contributed by atoms with E-state index in [0.29, 0.717) is 51.4 Å². The van der Waals surface area contributed by atoms with Crippen molar-refractivity contribution >= 4 is 23.9 Å². The number of hydrogen-bond donors (Lipinski definition) is 1. The lowest BCUT2D eigenvalue weighted by molar-refractivity contribution is -0.155. The lowest BCUT2D eigenvalue weighted by Crippen LogP contribution is -2.48. The Kier molecular flexibility index (Phi) is 10.8. The van der Waals surface area contributed by atoms with Gasteiger partial charge in [-0.25, -0.2) is 4.79 Å². The van der Waals surface area contributed by atoms with Gasteiger partial charge in [0.1, 0.15) is 17.2 Å². The van der Waals surface area contributed by atoms with Gasteiger partial charge in [-0.05, 0) is 79.6 Å². The lowest BCUT2D eigenvalue weighted by atomic mass is 9.91. The van der Waals surface area contributed by atoms with E-state index < -0.39 is 29.1 Å². The van der Waals surface area contributed by atoms with Crippen LogP contribution in [0.3, 0.4) is 0 Å². The van der Waals surface area contributed by atoms with Crippen molar-refractivity contribution < 1.29 is 28.7 Å². The summed E-state index contributed by atoms with van der Waals surface area (Å²) in [4.78, 5) is 53.4. The molecule has 0 radical (unpaired) electrons. The molecule has 0 spiro atoms. The van der Waals surface area contributed by atoms with Crippen molar-refractivity contribution in [2.24, 2.45) is 11.8 Å². The second-order valence-corrected chi connectivity index (χ2v) is 12.1. The molecular weight excluding hydrogens is 476 g/mol. The van der Waals surface area contributed by atoms with E-state index in [0.717, 1.165) is 19.3 Å². The molecule has 2 saturated heterocycles. The molecule has 3 amide bonds. The molecule has 2 aliphatic rings. The van der Waals surface area contributed by atoms with Crippen LogP contribution in [0, 0.1) is 23.2 Å². The van der Waals surface area contributed by atoms with Gasteiger partial charge >= 0.3 is 12.1 Å². The average Bonchev–Trinajstić information content (AvgIpc) is 2.80. The van der Waals surface area contributed by atoms with Crippen molar-refractivity contribution in [3.63, 3.8) is 0 Å². The van der Waals surface area contributed by atoms with Crippen LogP contribution < -0.4 is 5.32 Å². The third-order valence-electron chi connectivity index (χ3n) is 6.44. The van der Waals surface area contributed by atoms with Crippen molar-refractivity contribution in [1.29, 1.82) is 5.26 Å². The molecule has 2 atom stereocenters. The van der Waals surface area contributed by atoms with E-state index in [1.807, 2.05) is 26.8 Å². The number of nitriles is 1. The molecule has 1 N–H and O–H groups in total. The van der Waals surface area contributed by atoms with Crippen LogP contribution in [0.15, 0.2) is 0 Å². The van der Waals surface area contributed by atoms with Crippen molar-refractivity contribution in [3.8, 4) is 6.07 Å². The first-order valence-corrected chi connectivity index (χ1v) is 13.3. The second-order valence-electron chi connectivity index (χ2n) is 12.1. The maximum absolute atomic E-state index is 12.9. The Hall–Kier alpha value is -2.83. The van der Waals surface area contributed by atoms with E-state index in [2.05, 4.69) is 5.32 Å². The van der Waals surface area contributed by atoms with Crippen LogP contribution in [0.2, 0.25) is 0 Å². The Morgan fingerprint density at radius 2 is 1.57 bits per heavy atom. The number of carbonyl (C=O) groups excluding carboxylic acids is 4. The van der Waals surface area contributed by atoms with Crippen LogP contribution in [0.4, 0.5) is 4.79 Å². The first kappa shape index (κ1) is 30.4. The number of hydrogen-bond acceptors (Lipinski definition) is 7. The number of ether oxygens (including phenoxy) is 2. The Morgan fingerprint density at radius 3 is 2.14 bits per heavy atom. The van der Waals surface area contributed by atoms with E-state index in [-0.39, 0.29) is 24.3 Å². The number of nitrogens with one attached hydrogen (secondary N) is 1. The molecular formula is C27H44N4O6. The predicted octanol–water partition coefficient (Wildman–Crippen LogP) is 3.39. The number of carbonyl (C=O) groups is 4. The summed E-state index contributed by atoms with van der Waals surface area (Å²) in [5, 5.41) is 12.0. The number of nitrogens with zero attached hydrogens (tertiary/aromatic N) is 3. The second kappa shape index (κ2) is 13.1. The summed E-state index contributed by atoms with van der Waals surface area (Å²) in [5.41, 5.74) is -1.18.